The molecule has 1 amide bonds. The number of hydrogen-bond donors (Lipinski definition) is 1. The van der Waals surface area contributed by atoms with E-state index in [-0.39, 0.29) is 10.8 Å². The highest BCUT2D eigenvalue weighted by atomic mass is 32.2. The van der Waals surface area contributed by atoms with Crippen LogP contribution in [0.5, 0.6) is 5.75 Å². The van der Waals surface area contributed by atoms with Crippen molar-refractivity contribution in [3.63, 3.8) is 0 Å². The lowest BCUT2D eigenvalue weighted by Crippen LogP contribution is -2.48. The lowest BCUT2D eigenvalue weighted by atomic mass is 10.0. The van der Waals surface area contributed by atoms with Gasteiger partial charge in [0.15, 0.2) is 0 Å². The van der Waals surface area contributed by atoms with Crippen molar-refractivity contribution in [3.05, 3.63) is 60.2 Å². The van der Waals surface area contributed by atoms with Crippen molar-refractivity contribution in [2.24, 2.45) is 5.14 Å². The number of benzene rings is 2. The zero-order chi connectivity index (χ0) is 22.3. The van der Waals surface area contributed by atoms with E-state index in [1.165, 1.54) is 12.1 Å². The largest absolute Gasteiger partial charge is 0.492 e. The molecule has 0 aromatic heterocycles. The monoisotopic (exact) mass is 445 g/mol. The number of sulfonamides is 1. The zero-order valence-corrected chi connectivity index (χ0v) is 18.8. The minimum Gasteiger partial charge on any atom is -0.492 e. The number of carbonyl (C=O) groups is 1. The van der Waals surface area contributed by atoms with Crippen molar-refractivity contribution in [1.29, 1.82) is 0 Å². The molecule has 0 spiro atoms. The topological polar surface area (TPSA) is 92.9 Å². The Bertz CT molecular complexity index is 941. The molecule has 0 radical (unpaired) electrons. The molecule has 0 aliphatic carbocycles. The van der Waals surface area contributed by atoms with Crippen LogP contribution >= 0.6 is 0 Å². The summed E-state index contributed by atoms with van der Waals surface area (Å²) in [6, 6.07) is 16.0. The lowest BCUT2D eigenvalue weighted by Gasteiger charge is -2.38. The van der Waals surface area contributed by atoms with Gasteiger partial charge in [-0.25, -0.2) is 13.6 Å². The molecule has 0 atom stereocenters. The molecule has 1 saturated heterocycles. The number of amides is 1. The molecular weight excluding hydrogens is 414 g/mol. The molecule has 1 heterocycles. The molecule has 1 aliphatic rings. The Labute approximate surface area is 184 Å². The lowest BCUT2D eigenvalue weighted by molar-refractivity contribution is 0.0597. The van der Waals surface area contributed by atoms with Gasteiger partial charge in [-0.2, -0.15) is 0 Å². The number of primary sulfonamides is 1. The zero-order valence-electron chi connectivity index (χ0n) is 17.9. The van der Waals surface area contributed by atoms with Gasteiger partial charge in [-0.05, 0) is 62.2 Å². The van der Waals surface area contributed by atoms with Crippen LogP contribution in [-0.2, 0) is 10.0 Å². The summed E-state index contributed by atoms with van der Waals surface area (Å²) in [7, 11) is -3.70. The van der Waals surface area contributed by atoms with Crippen LogP contribution < -0.4 is 9.88 Å². The molecule has 1 fully saturated rings. The van der Waals surface area contributed by atoms with Gasteiger partial charge in [-0.1, -0.05) is 25.1 Å². The average Bonchev–Trinajstić information content (AvgIpc) is 2.78. The fraction of sp³-hybridized carbons (Fsp3) is 0.435. The second-order valence-electron chi connectivity index (χ2n) is 7.79. The van der Waals surface area contributed by atoms with Crippen molar-refractivity contribution in [3.8, 4) is 5.75 Å². The van der Waals surface area contributed by atoms with E-state index >= 15 is 0 Å². The van der Waals surface area contributed by atoms with E-state index in [0.717, 1.165) is 51.0 Å². The van der Waals surface area contributed by atoms with Gasteiger partial charge in [0.25, 0.3) is 5.91 Å². The molecule has 8 heteroatoms. The van der Waals surface area contributed by atoms with Gasteiger partial charge < -0.3 is 9.64 Å². The van der Waals surface area contributed by atoms with Crippen LogP contribution in [0.1, 0.15) is 36.5 Å². The van der Waals surface area contributed by atoms with E-state index in [0.29, 0.717) is 18.4 Å². The molecule has 7 nitrogen and oxygen atoms in total. The van der Waals surface area contributed by atoms with Gasteiger partial charge in [0.05, 0.1) is 4.90 Å². The molecule has 0 unspecified atom stereocenters. The van der Waals surface area contributed by atoms with Crippen LogP contribution in [0.2, 0.25) is 0 Å². The highest BCUT2D eigenvalue weighted by Crippen LogP contribution is 2.20. The summed E-state index contributed by atoms with van der Waals surface area (Å²) < 4.78 is 28.5. The fourth-order valence-electron chi connectivity index (χ4n) is 3.97. The minimum absolute atomic E-state index is 0.0734. The average molecular weight is 446 g/mol. The maximum atomic E-state index is 12.7. The Morgan fingerprint density at radius 1 is 1.06 bits per heavy atom. The molecule has 2 N–H and O–H groups in total. The smallest absolute Gasteiger partial charge is 0.253 e. The van der Waals surface area contributed by atoms with E-state index in [9.17, 15) is 13.2 Å². The number of piperidine rings is 1. The number of likely N-dealkylation sites (tertiary alicyclic amines) is 1. The molecule has 1 aliphatic heterocycles. The van der Waals surface area contributed by atoms with Gasteiger partial charge in [0, 0.05) is 31.2 Å². The van der Waals surface area contributed by atoms with Crippen LogP contribution in [0.3, 0.4) is 0 Å². The maximum absolute atomic E-state index is 12.7. The third kappa shape index (κ3) is 6.53. The SMILES string of the molecule is CCCN(CCOc1ccc(S(N)(=O)=O)cc1)C1CCN(C(=O)c2ccccc2)CC1. The first-order valence-electron chi connectivity index (χ1n) is 10.7. The third-order valence-electron chi connectivity index (χ3n) is 5.60. The van der Waals surface area contributed by atoms with Crippen LogP contribution in [0.25, 0.3) is 0 Å². The van der Waals surface area contributed by atoms with E-state index in [4.69, 9.17) is 9.88 Å². The number of carbonyl (C=O) groups excluding carboxylic acids is 1. The number of hydrogen-bond acceptors (Lipinski definition) is 5. The van der Waals surface area contributed by atoms with Crippen LogP contribution in [0.4, 0.5) is 0 Å². The highest BCUT2D eigenvalue weighted by Gasteiger charge is 2.27. The molecule has 3 rings (SSSR count). The molecule has 168 valence electrons. The Balaban J connectivity index is 1.49. The van der Waals surface area contributed by atoms with Crippen LogP contribution in [0.15, 0.2) is 59.5 Å². The molecule has 2 aromatic rings. The van der Waals surface area contributed by atoms with Crippen LogP contribution in [-0.4, -0.2) is 63.0 Å². The summed E-state index contributed by atoms with van der Waals surface area (Å²) >= 11 is 0. The number of nitrogens with zero attached hydrogens (tertiary/aromatic N) is 2. The summed E-state index contributed by atoms with van der Waals surface area (Å²) in [5.41, 5.74) is 0.744. The van der Waals surface area contributed by atoms with E-state index < -0.39 is 10.0 Å². The van der Waals surface area contributed by atoms with Crippen molar-refractivity contribution in [1.82, 2.24) is 9.80 Å². The van der Waals surface area contributed by atoms with E-state index in [1.54, 1.807) is 12.1 Å². The molecule has 2 aromatic carbocycles. The van der Waals surface area contributed by atoms with Crippen molar-refractivity contribution < 1.29 is 17.9 Å². The van der Waals surface area contributed by atoms with Crippen molar-refractivity contribution >= 4 is 15.9 Å². The fourth-order valence-corrected chi connectivity index (χ4v) is 4.48. The van der Waals surface area contributed by atoms with Gasteiger partial charge in [-0.3, -0.25) is 9.69 Å². The Kier molecular flexibility index (Phi) is 8.06. The maximum Gasteiger partial charge on any atom is 0.253 e. The predicted octanol–water partition coefficient (Wildman–Crippen LogP) is 2.73. The first-order valence-corrected chi connectivity index (χ1v) is 12.3. The third-order valence-corrected chi connectivity index (χ3v) is 6.53. The van der Waals surface area contributed by atoms with Gasteiger partial charge in [0.1, 0.15) is 12.4 Å². The minimum atomic E-state index is -3.70. The van der Waals surface area contributed by atoms with Gasteiger partial charge in [-0.15, -0.1) is 0 Å². The first-order chi connectivity index (χ1) is 14.9. The second kappa shape index (κ2) is 10.7. The summed E-state index contributed by atoms with van der Waals surface area (Å²) in [5, 5.41) is 5.12. The summed E-state index contributed by atoms with van der Waals surface area (Å²) in [6.45, 7) is 5.95. The highest BCUT2D eigenvalue weighted by molar-refractivity contribution is 7.89. The first kappa shape index (κ1) is 23.2. The van der Waals surface area contributed by atoms with E-state index in [1.807, 2.05) is 35.2 Å². The van der Waals surface area contributed by atoms with Crippen molar-refractivity contribution in [2.75, 3.05) is 32.8 Å². The Hall–Kier alpha value is -2.42. The quantitative estimate of drug-likeness (QED) is 0.641. The molecule has 0 bridgehead atoms. The van der Waals surface area contributed by atoms with E-state index in [2.05, 4.69) is 11.8 Å². The Morgan fingerprint density at radius 2 is 1.71 bits per heavy atom. The summed E-state index contributed by atoms with van der Waals surface area (Å²) in [6.07, 6.45) is 2.94. The second-order valence-corrected chi connectivity index (χ2v) is 9.35. The van der Waals surface area contributed by atoms with Crippen LogP contribution in [0, 0.1) is 0 Å². The van der Waals surface area contributed by atoms with Gasteiger partial charge >= 0.3 is 0 Å². The number of rotatable bonds is 9. The summed E-state index contributed by atoms with van der Waals surface area (Å²) in [4.78, 5) is 17.1. The molecule has 0 saturated carbocycles. The standard InChI is InChI=1S/C23H31N3O4S/c1-2-14-25(17-18-30-21-8-10-22(11-9-21)31(24,28)29)20-12-15-26(16-13-20)23(27)19-6-4-3-5-7-19/h3-11,20H,2,12-18H2,1H3,(H2,24,28,29). The number of nitrogens with two attached hydrogens (primary N) is 1. The predicted molar refractivity (Wildman–Crippen MR) is 121 cm³/mol. The molecular formula is C23H31N3O4S. The number of ether oxygens (including phenoxy) is 1. The van der Waals surface area contributed by atoms with Gasteiger partial charge in [0.2, 0.25) is 10.0 Å². The molecule has 31 heavy (non-hydrogen) atoms. The Morgan fingerprint density at radius 3 is 2.29 bits per heavy atom. The summed E-state index contributed by atoms with van der Waals surface area (Å²) in [5.74, 6) is 0.722. The normalized spacial score (nSPS) is 15.3. The van der Waals surface area contributed by atoms with Crippen molar-refractivity contribution in [2.45, 2.75) is 37.1 Å².